The minimum Gasteiger partial charge on any atom is -0.485 e. The number of hydrogen-bond donors (Lipinski definition) is 1. The number of amides is 1. The Morgan fingerprint density at radius 3 is 2.59 bits per heavy atom. The van der Waals surface area contributed by atoms with Crippen LogP contribution in [0.1, 0.15) is 28.7 Å². The van der Waals surface area contributed by atoms with E-state index < -0.39 is 5.97 Å². The molecule has 0 spiro atoms. The van der Waals surface area contributed by atoms with E-state index in [1.165, 1.54) is 11.8 Å². The molecule has 0 bridgehead atoms. The van der Waals surface area contributed by atoms with Crippen LogP contribution in [0.2, 0.25) is 5.02 Å². The lowest BCUT2D eigenvalue weighted by molar-refractivity contribution is -0.113. The van der Waals surface area contributed by atoms with Crippen LogP contribution in [0.3, 0.4) is 0 Å². The van der Waals surface area contributed by atoms with Crippen molar-refractivity contribution >= 4 is 40.9 Å². The van der Waals surface area contributed by atoms with Gasteiger partial charge in [0.25, 0.3) is 0 Å². The first kappa shape index (κ1) is 23.6. The van der Waals surface area contributed by atoms with Crippen LogP contribution < -0.4 is 10.1 Å². The number of rotatable bonds is 9. The fraction of sp³-hybridized carbons (Fsp3) is 0.273. The zero-order valence-electron chi connectivity index (χ0n) is 17.9. The summed E-state index contributed by atoms with van der Waals surface area (Å²) in [6.07, 6.45) is 0. The van der Waals surface area contributed by atoms with Gasteiger partial charge in [-0.1, -0.05) is 23.4 Å². The zero-order chi connectivity index (χ0) is 23.1. The quantitative estimate of drug-likeness (QED) is 0.365. The molecule has 32 heavy (non-hydrogen) atoms. The number of anilines is 1. The second kappa shape index (κ2) is 11.0. The maximum absolute atomic E-state index is 12.3. The Bertz CT molecular complexity index is 1100. The van der Waals surface area contributed by atoms with Gasteiger partial charge in [-0.15, -0.1) is 10.2 Å². The first-order valence-electron chi connectivity index (χ1n) is 9.84. The average Bonchev–Trinajstić information content (AvgIpc) is 3.12. The van der Waals surface area contributed by atoms with E-state index in [1.54, 1.807) is 41.8 Å². The predicted octanol–water partition coefficient (Wildman–Crippen LogP) is 4.26. The van der Waals surface area contributed by atoms with Gasteiger partial charge in [0.15, 0.2) is 11.0 Å². The van der Waals surface area contributed by atoms with Crippen molar-refractivity contribution in [1.29, 1.82) is 0 Å². The summed E-state index contributed by atoms with van der Waals surface area (Å²) < 4.78 is 12.5. The Morgan fingerprint density at radius 1 is 1.16 bits per heavy atom. The van der Waals surface area contributed by atoms with Gasteiger partial charge in [0.1, 0.15) is 12.4 Å². The fourth-order valence-corrected chi connectivity index (χ4v) is 3.70. The molecular weight excluding hydrogens is 452 g/mol. The van der Waals surface area contributed by atoms with Gasteiger partial charge in [0.2, 0.25) is 5.91 Å². The summed E-state index contributed by atoms with van der Waals surface area (Å²) in [5, 5.41) is 12.3. The maximum Gasteiger partial charge on any atom is 0.338 e. The molecule has 1 heterocycles. The third kappa shape index (κ3) is 6.24. The highest BCUT2D eigenvalue weighted by Crippen LogP contribution is 2.23. The number of nitrogens with one attached hydrogen (secondary N) is 1. The lowest BCUT2D eigenvalue weighted by atomic mass is 10.2. The predicted molar refractivity (Wildman–Crippen MR) is 123 cm³/mol. The molecule has 8 nitrogen and oxygen atoms in total. The van der Waals surface area contributed by atoms with Crippen LogP contribution in [0.4, 0.5) is 5.69 Å². The van der Waals surface area contributed by atoms with Crippen molar-refractivity contribution in [3.05, 3.63) is 64.4 Å². The fourth-order valence-electron chi connectivity index (χ4n) is 2.74. The van der Waals surface area contributed by atoms with E-state index in [-0.39, 0.29) is 18.3 Å². The van der Waals surface area contributed by atoms with Gasteiger partial charge in [0, 0.05) is 17.8 Å². The summed E-state index contributed by atoms with van der Waals surface area (Å²) in [5.41, 5.74) is 1.96. The Balaban J connectivity index is 1.51. The standard InChI is InChI=1S/C22H23ClN4O4S/c1-4-30-21(29)15-5-8-17(9-6-15)24-20(28)13-32-22-26-25-19(27(22)3)12-31-18-10-7-16(23)11-14(18)2/h5-11H,4,12-13H2,1-3H3,(H,24,28). The number of esters is 1. The highest BCUT2D eigenvalue weighted by molar-refractivity contribution is 7.99. The largest absolute Gasteiger partial charge is 0.485 e. The molecule has 3 rings (SSSR count). The molecule has 10 heteroatoms. The van der Waals surface area contributed by atoms with Crippen molar-refractivity contribution in [3.63, 3.8) is 0 Å². The molecule has 2 aromatic carbocycles. The number of hydrogen-bond acceptors (Lipinski definition) is 7. The second-order valence-corrected chi connectivity index (χ2v) is 8.17. The van der Waals surface area contributed by atoms with E-state index in [4.69, 9.17) is 21.1 Å². The molecule has 0 unspecified atom stereocenters. The third-order valence-electron chi connectivity index (χ3n) is 4.43. The number of carbonyl (C=O) groups is 2. The van der Waals surface area contributed by atoms with Crippen molar-refractivity contribution < 1.29 is 19.1 Å². The first-order valence-corrected chi connectivity index (χ1v) is 11.2. The third-order valence-corrected chi connectivity index (χ3v) is 5.69. The minimum absolute atomic E-state index is 0.156. The molecular formula is C22H23ClN4O4S. The summed E-state index contributed by atoms with van der Waals surface area (Å²) in [5.74, 6) is 0.922. The van der Waals surface area contributed by atoms with E-state index >= 15 is 0 Å². The van der Waals surface area contributed by atoms with Gasteiger partial charge in [-0.3, -0.25) is 4.79 Å². The topological polar surface area (TPSA) is 95.3 Å². The van der Waals surface area contributed by atoms with E-state index in [0.29, 0.717) is 33.9 Å². The summed E-state index contributed by atoms with van der Waals surface area (Å²) in [4.78, 5) is 24.0. The summed E-state index contributed by atoms with van der Waals surface area (Å²) >= 11 is 7.24. The maximum atomic E-state index is 12.3. The van der Waals surface area contributed by atoms with Crippen LogP contribution in [-0.4, -0.2) is 39.0 Å². The molecule has 3 aromatic rings. The van der Waals surface area contributed by atoms with Crippen LogP contribution in [0.25, 0.3) is 0 Å². The lowest BCUT2D eigenvalue weighted by Crippen LogP contribution is -2.15. The van der Waals surface area contributed by atoms with Crippen LogP contribution >= 0.6 is 23.4 Å². The van der Waals surface area contributed by atoms with Crippen LogP contribution in [0.5, 0.6) is 5.75 Å². The normalized spacial score (nSPS) is 10.6. The molecule has 1 amide bonds. The number of benzene rings is 2. The molecule has 168 valence electrons. The van der Waals surface area contributed by atoms with Gasteiger partial charge < -0.3 is 19.4 Å². The molecule has 0 saturated carbocycles. The van der Waals surface area contributed by atoms with E-state index in [9.17, 15) is 9.59 Å². The van der Waals surface area contributed by atoms with Crippen LogP contribution in [-0.2, 0) is 23.2 Å². The number of aromatic nitrogens is 3. The highest BCUT2D eigenvalue weighted by Gasteiger charge is 2.13. The molecule has 0 atom stereocenters. The van der Waals surface area contributed by atoms with Crippen molar-refractivity contribution in [3.8, 4) is 5.75 Å². The minimum atomic E-state index is -0.394. The van der Waals surface area contributed by atoms with E-state index in [0.717, 1.165) is 11.3 Å². The molecule has 1 N–H and O–H groups in total. The van der Waals surface area contributed by atoms with Crippen molar-refractivity contribution in [2.45, 2.75) is 25.6 Å². The number of nitrogens with zero attached hydrogens (tertiary/aromatic N) is 3. The second-order valence-electron chi connectivity index (χ2n) is 6.79. The van der Waals surface area contributed by atoms with Crippen molar-refractivity contribution in [2.75, 3.05) is 17.7 Å². The Kier molecular flexibility index (Phi) is 8.13. The number of halogens is 1. The van der Waals surface area contributed by atoms with Gasteiger partial charge in [0.05, 0.1) is 17.9 Å². The SMILES string of the molecule is CCOC(=O)c1ccc(NC(=O)CSc2nnc(COc3ccc(Cl)cc3C)n2C)cc1. The molecule has 0 aliphatic heterocycles. The summed E-state index contributed by atoms with van der Waals surface area (Å²) in [6, 6.07) is 11.9. The molecule has 0 radical (unpaired) electrons. The number of thioether (sulfide) groups is 1. The number of carbonyl (C=O) groups excluding carboxylic acids is 2. The zero-order valence-corrected chi connectivity index (χ0v) is 19.5. The number of ether oxygens (including phenoxy) is 2. The molecule has 0 saturated heterocycles. The molecule has 0 aliphatic rings. The van der Waals surface area contributed by atoms with E-state index in [1.807, 2.05) is 26.1 Å². The molecule has 0 aliphatic carbocycles. The van der Waals surface area contributed by atoms with Gasteiger partial charge in [-0.05, 0) is 61.9 Å². The Hall–Kier alpha value is -3.04. The molecule has 1 aromatic heterocycles. The average molecular weight is 475 g/mol. The van der Waals surface area contributed by atoms with Gasteiger partial charge in [-0.25, -0.2) is 4.79 Å². The highest BCUT2D eigenvalue weighted by atomic mass is 35.5. The van der Waals surface area contributed by atoms with E-state index in [2.05, 4.69) is 15.5 Å². The number of aryl methyl sites for hydroxylation is 1. The van der Waals surface area contributed by atoms with Crippen molar-refractivity contribution in [2.24, 2.45) is 7.05 Å². The first-order chi connectivity index (χ1) is 15.4. The summed E-state index contributed by atoms with van der Waals surface area (Å²) in [7, 11) is 1.82. The smallest absolute Gasteiger partial charge is 0.338 e. The van der Waals surface area contributed by atoms with Crippen molar-refractivity contribution in [1.82, 2.24) is 14.8 Å². The Labute approximate surface area is 195 Å². The molecule has 0 fully saturated rings. The monoisotopic (exact) mass is 474 g/mol. The Morgan fingerprint density at radius 2 is 1.91 bits per heavy atom. The summed E-state index contributed by atoms with van der Waals surface area (Å²) in [6.45, 7) is 4.22. The van der Waals surface area contributed by atoms with Crippen LogP contribution in [0, 0.1) is 6.92 Å². The van der Waals surface area contributed by atoms with Gasteiger partial charge in [-0.2, -0.15) is 0 Å². The lowest BCUT2D eigenvalue weighted by Gasteiger charge is -2.09. The van der Waals surface area contributed by atoms with Gasteiger partial charge >= 0.3 is 5.97 Å². The van der Waals surface area contributed by atoms with Crippen LogP contribution in [0.15, 0.2) is 47.6 Å².